The van der Waals surface area contributed by atoms with Crippen molar-refractivity contribution in [2.75, 3.05) is 0 Å². The molecule has 1 aromatic rings. The first-order valence-electron chi connectivity index (χ1n) is 4.91. The van der Waals surface area contributed by atoms with Crippen LogP contribution in [0.1, 0.15) is 6.42 Å². The molecular weight excluding hydrogens is 270 g/mol. The van der Waals surface area contributed by atoms with Crippen molar-refractivity contribution < 1.29 is 0 Å². The largest absolute Gasteiger partial charge is 0.318 e. The Balaban J connectivity index is 2.04. The van der Waals surface area contributed by atoms with E-state index in [0.717, 1.165) is 6.42 Å². The Bertz CT molecular complexity index is 482. The van der Waals surface area contributed by atoms with Crippen LogP contribution in [-0.4, -0.2) is 9.39 Å². The van der Waals surface area contributed by atoms with Gasteiger partial charge in [0.15, 0.2) is 0 Å². The summed E-state index contributed by atoms with van der Waals surface area (Å²) in [5.74, 6) is 0. The molecule has 0 N–H and O–H groups in total. The van der Waals surface area contributed by atoms with E-state index >= 15 is 0 Å². The van der Waals surface area contributed by atoms with Gasteiger partial charge in [0.1, 0.15) is 0 Å². The lowest BCUT2D eigenvalue weighted by Gasteiger charge is -2.15. The lowest BCUT2D eigenvalue weighted by molar-refractivity contribution is 1.02. The van der Waals surface area contributed by atoms with Crippen LogP contribution in [0.3, 0.4) is 0 Å². The first-order chi connectivity index (χ1) is 7.33. The number of alkyl halides is 1. The highest BCUT2D eigenvalue weighted by Crippen LogP contribution is 2.39. The van der Waals surface area contributed by atoms with Gasteiger partial charge in [0.25, 0.3) is 0 Å². The molecule has 0 saturated heterocycles. The van der Waals surface area contributed by atoms with E-state index in [9.17, 15) is 0 Å². The Morgan fingerprint density at radius 2 is 2.33 bits per heavy atom. The Labute approximate surface area is 102 Å². The molecule has 1 atom stereocenters. The number of aromatic nitrogens is 1. The fourth-order valence-corrected chi connectivity index (χ4v) is 3.62. The monoisotopic (exact) mass is 279 g/mol. The van der Waals surface area contributed by atoms with E-state index in [1.807, 2.05) is 11.8 Å². The number of rotatable bonds is 0. The molecule has 1 aliphatic carbocycles. The van der Waals surface area contributed by atoms with Crippen molar-refractivity contribution in [3.63, 3.8) is 0 Å². The normalized spacial score (nSPS) is 23.7. The summed E-state index contributed by atoms with van der Waals surface area (Å²) in [6.07, 6.45) is 11.9. The highest BCUT2D eigenvalue weighted by atomic mass is 79.9. The zero-order valence-corrected chi connectivity index (χ0v) is 10.5. The van der Waals surface area contributed by atoms with Crippen LogP contribution >= 0.6 is 27.7 Å². The number of allylic oxidation sites excluding steroid dienone is 5. The van der Waals surface area contributed by atoms with Gasteiger partial charge in [-0.1, -0.05) is 39.8 Å². The Kier molecular flexibility index (Phi) is 2.37. The molecule has 0 bridgehead atoms. The minimum absolute atomic E-state index is 0.485. The Morgan fingerprint density at radius 1 is 1.40 bits per heavy atom. The van der Waals surface area contributed by atoms with Gasteiger partial charge in [0.05, 0.1) is 5.03 Å². The molecule has 1 aromatic heterocycles. The van der Waals surface area contributed by atoms with Crippen molar-refractivity contribution in [2.24, 2.45) is 0 Å². The second kappa shape index (κ2) is 3.72. The lowest BCUT2D eigenvalue weighted by Crippen LogP contribution is -2.00. The van der Waals surface area contributed by atoms with E-state index in [1.54, 1.807) is 0 Å². The maximum atomic E-state index is 3.64. The van der Waals surface area contributed by atoms with Crippen molar-refractivity contribution in [1.29, 1.82) is 0 Å². The number of thioether (sulfide) groups is 1. The molecule has 76 valence electrons. The van der Waals surface area contributed by atoms with Crippen LogP contribution in [0.4, 0.5) is 0 Å². The zero-order valence-electron chi connectivity index (χ0n) is 8.06. The van der Waals surface area contributed by atoms with Crippen molar-refractivity contribution in [3.05, 3.63) is 47.0 Å². The number of nitrogens with zero attached hydrogens (tertiary/aromatic N) is 1. The number of fused-ring (bicyclic) bond motifs is 1. The summed E-state index contributed by atoms with van der Waals surface area (Å²) >= 11 is 5.51. The van der Waals surface area contributed by atoms with E-state index in [1.165, 1.54) is 15.5 Å². The summed E-state index contributed by atoms with van der Waals surface area (Å²) in [5.41, 5.74) is 1.35. The second-order valence-corrected chi connectivity index (χ2v) is 5.92. The molecule has 0 spiro atoms. The average molecular weight is 280 g/mol. The van der Waals surface area contributed by atoms with Crippen LogP contribution in [0.15, 0.2) is 52.1 Å². The third-order valence-corrected chi connectivity index (χ3v) is 4.40. The third-order valence-electron chi connectivity index (χ3n) is 2.57. The van der Waals surface area contributed by atoms with E-state index in [0.29, 0.717) is 4.83 Å². The molecular formula is C12H10BrNS. The van der Waals surface area contributed by atoms with Crippen LogP contribution in [0.5, 0.6) is 0 Å². The highest BCUT2D eigenvalue weighted by Gasteiger charge is 2.17. The smallest absolute Gasteiger partial charge is 0.0834 e. The average Bonchev–Trinajstić information content (AvgIpc) is 2.58. The standard InChI is InChI=1S/C12H10BrNS/c13-10-4-3-9-5-7-14-6-1-2-12(14)15-11(9)8-10/h1-7,10H,8H2. The number of hydrogen-bond acceptors (Lipinski definition) is 1. The van der Waals surface area contributed by atoms with Crippen LogP contribution in [0.25, 0.3) is 6.20 Å². The minimum atomic E-state index is 0.485. The van der Waals surface area contributed by atoms with E-state index in [4.69, 9.17) is 0 Å². The predicted molar refractivity (Wildman–Crippen MR) is 69.1 cm³/mol. The predicted octanol–water partition coefficient (Wildman–Crippen LogP) is 4.04. The summed E-state index contributed by atoms with van der Waals surface area (Å²) in [6.45, 7) is 0. The van der Waals surface area contributed by atoms with E-state index in [2.05, 4.69) is 63.3 Å². The van der Waals surface area contributed by atoms with Crippen LogP contribution < -0.4 is 0 Å². The van der Waals surface area contributed by atoms with Crippen molar-refractivity contribution in [3.8, 4) is 0 Å². The number of halogens is 1. The summed E-state index contributed by atoms with van der Waals surface area (Å²) in [4.78, 5) is 1.94. The highest BCUT2D eigenvalue weighted by molar-refractivity contribution is 9.09. The van der Waals surface area contributed by atoms with E-state index < -0.39 is 0 Å². The van der Waals surface area contributed by atoms with Crippen molar-refractivity contribution in [1.82, 2.24) is 4.57 Å². The molecule has 0 saturated carbocycles. The van der Waals surface area contributed by atoms with Gasteiger partial charge in [0, 0.05) is 17.2 Å². The molecule has 0 amide bonds. The zero-order chi connectivity index (χ0) is 10.3. The summed E-state index contributed by atoms with van der Waals surface area (Å²) in [7, 11) is 0. The summed E-state index contributed by atoms with van der Waals surface area (Å²) in [5, 5.41) is 1.30. The molecule has 0 aromatic carbocycles. The van der Waals surface area contributed by atoms with Gasteiger partial charge >= 0.3 is 0 Å². The SMILES string of the molecule is BrC1C=CC2=C(C1)Sc1cccn1C=C2. The second-order valence-electron chi connectivity index (χ2n) is 3.63. The maximum absolute atomic E-state index is 3.64. The molecule has 3 rings (SSSR count). The van der Waals surface area contributed by atoms with Crippen molar-refractivity contribution in [2.45, 2.75) is 16.3 Å². The van der Waals surface area contributed by atoms with Crippen molar-refractivity contribution >= 4 is 33.9 Å². The molecule has 1 nitrogen and oxygen atoms in total. The van der Waals surface area contributed by atoms with E-state index in [-0.39, 0.29) is 0 Å². The maximum Gasteiger partial charge on any atom is 0.0834 e. The Morgan fingerprint density at radius 3 is 3.27 bits per heavy atom. The van der Waals surface area contributed by atoms with Gasteiger partial charge < -0.3 is 4.57 Å². The van der Waals surface area contributed by atoms with Crippen LogP contribution in [0, 0.1) is 0 Å². The van der Waals surface area contributed by atoms with Crippen LogP contribution in [-0.2, 0) is 0 Å². The molecule has 15 heavy (non-hydrogen) atoms. The summed E-state index contributed by atoms with van der Waals surface area (Å²) in [6, 6.07) is 4.25. The molecule has 3 heteroatoms. The minimum Gasteiger partial charge on any atom is -0.318 e. The molecule has 2 aliphatic rings. The first-order valence-corrected chi connectivity index (χ1v) is 6.64. The van der Waals surface area contributed by atoms with Gasteiger partial charge in [-0.15, -0.1) is 0 Å². The molecule has 1 aliphatic heterocycles. The molecule has 0 radical (unpaired) electrons. The van der Waals surface area contributed by atoms with Crippen LogP contribution in [0.2, 0.25) is 0 Å². The number of hydrogen-bond donors (Lipinski definition) is 0. The summed E-state index contributed by atoms with van der Waals surface area (Å²) < 4.78 is 2.17. The quantitative estimate of drug-likeness (QED) is 0.649. The van der Waals surface area contributed by atoms with Gasteiger partial charge in [-0.05, 0) is 35.1 Å². The molecule has 0 fully saturated rings. The Hall–Kier alpha value is -0.670. The topological polar surface area (TPSA) is 4.93 Å². The fraction of sp³-hybridized carbons (Fsp3) is 0.167. The van der Waals surface area contributed by atoms with Gasteiger partial charge in [-0.2, -0.15) is 0 Å². The fourth-order valence-electron chi connectivity index (χ4n) is 1.79. The van der Waals surface area contributed by atoms with Gasteiger partial charge in [-0.25, -0.2) is 0 Å². The molecule has 2 heterocycles. The third kappa shape index (κ3) is 1.74. The first kappa shape index (κ1) is 9.55. The lowest BCUT2D eigenvalue weighted by atomic mass is 10.1. The van der Waals surface area contributed by atoms with Gasteiger partial charge in [0.2, 0.25) is 0 Å². The molecule has 1 unspecified atom stereocenters. The van der Waals surface area contributed by atoms with Gasteiger partial charge in [-0.3, -0.25) is 0 Å².